The molecule has 0 spiro atoms. The number of likely N-dealkylation sites (N-methyl/N-ethyl adjacent to an activating group) is 1. The van der Waals surface area contributed by atoms with E-state index in [-0.39, 0.29) is 33.1 Å². The second kappa shape index (κ2) is 9.85. The first-order valence-corrected chi connectivity index (χ1v) is 8.59. The summed E-state index contributed by atoms with van der Waals surface area (Å²) in [4.78, 5) is 2.41. The molecule has 2 rings (SSSR count). The van der Waals surface area contributed by atoms with E-state index in [9.17, 15) is 5.11 Å². The van der Waals surface area contributed by atoms with Crippen molar-refractivity contribution < 1.29 is 26.2 Å². The minimum atomic E-state index is -0.00639. The fourth-order valence-corrected chi connectivity index (χ4v) is 3.63. The molecular formula is C19H31NOW. The molecule has 0 heterocycles. The largest absolute Gasteiger partial charge is 0.395 e. The maximum absolute atomic E-state index is 9.87. The molecule has 1 atom stereocenters. The van der Waals surface area contributed by atoms with Crippen LogP contribution in [0.3, 0.4) is 0 Å². The van der Waals surface area contributed by atoms with E-state index in [0.717, 1.165) is 19.5 Å². The molecule has 0 fully saturated rings. The first kappa shape index (κ1) is 19.9. The first-order valence-electron chi connectivity index (χ1n) is 8.59. The molecule has 1 aliphatic rings. The molecule has 0 aromatic heterocycles. The maximum Gasteiger partial charge on any atom is 0.0543 e. The summed E-state index contributed by atoms with van der Waals surface area (Å²) in [5.41, 5.74) is 2.77. The number of rotatable bonds is 10. The molecule has 0 amide bonds. The summed E-state index contributed by atoms with van der Waals surface area (Å²) in [5.74, 6) is 0. The third-order valence-corrected chi connectivity index (χ3v) is 4.89. The van der Waals surface area contributed by atoms with Crippen LogP contribution in [0.15, 0.2) is 24.3 Å². The van der Waals surface area contributed by atoms with Gasteiger partial charge in [-0.1, -0.05) is 63.3 Å². The second-order valence-electron chi connectivity index (χ2n) is 6.78. The molecule has 2 nitrogen and oxygen atoms in total. The Kier molecular flexibility index (Phi) is 8.90. The molecular weight excluding hydrogens is 442 g/mol. The minimum absolute atomic E-state index is 0. The summed E-state index contributed by atoms with van der Waals surface area (Å²) < 4.78 is 0. The van der Waals surface area contributed by atoms with Gasteiger partial charge >= 0.3 is 0 Å². The summed E-state index contributed by atoms with van der Waals surface area (Å²) in [5, 5.41) is 9.87. The Balaban J connectivity index is 0.00000242. The molecule has 0 bridgehead atoms. The van der Waals surface area contributed by atoms with Crippen LogP contribution in [-0.4, -0.2) is 36.8 Å². The third-order valence-electron chi connectivity index (χ3n) is 4.89. The van der Waals surface area contributed by atoms with Gasteiger partial charge in [-0.25, -0.2) is 0 Å². The van der Waals surface area contributed by atoms with Gasteiger partial charge in [-0.15, -0.1) is 0 Å². The van der Waals surface area contributed by atoms with Gasteiger partial charge < -0.3 is 10.0 Å². The van der Waals surface area contributed by atoms with E-state index in [4.69, 9.17) is 0 Å². The van der Waals surface area contributed by atoms with E-state index in [2.05, 4.69) is 43.1 Å². The van der Waals surface area contributed by atoms with Crippen LogP contribution in [0.2, 0.25) is 0 Å². The Morgan fingerprint density at radius 1 is 1.09 bits per heavy atom. The van der Waals surface area contributed by atoms with Crippen molar-refractivity contribution in [2.24, 2.45) is 0 Å². The van der Waals surface area contributed by atoms with Gasteiger partial charge in [-0.2, -0.15) is 0 Å². The predicted molar refractivity (Wildman–Crippen MR) is 89.8 cm³/mol. The summed E-state index contributed by atoms with van der Waals surface area (Å²) in [7, 11) is 2.20. The molecule has 1 aliphatic carbocycles. The Morgan fingerprint density at radius 3 is 2.45 bits per heavy atom. The van der Waals surface area contributed by atoms with Crippen LogP contribution in [0.1, 0.15) is 56.6 Å². The van der Waals surface area contributed by atoms with Crippen molar-refractivity contribution in [3.05, 3.63) is 35.4 Å². The van der Waals surface area contributed by atoms with Crippen LogP contribution in [0.4, 0.5) is 0 Å². The standard InChI is InChI=1S/C19H31NO.W/c1-3-4-5-6-7-10-13-20(2)15-19(16-21)14-17-11-8-9-12-18(17)19;/h8-9,11-12,21H,3-7,10,13-16H2,1-2H3;. The monoisotopic (exact) mass is 473 g/mol. The third kappa shape index (κ3) is 4.91. The summed E-state index contributed by atoms with van der Waals surface area (Å²) in [6, 6.07) is 8.57. The van der Waals surface area contributed by atoms with Crippen molar-refractivity contribution in [3.8, 4) is 0 Å². The molecule has 22 heavy (non-hydrogen) atoms. The number of hydrogen-bond acceptors (Lipinski definition) is 2. The number of benzene rings is 1. The van der Waals surface area contributed by atoms with Gasteiger partial charge in [0, 0.05) is 33.0 Å². The minimum Gasteiger partial charge on any atom is -0.395 e. The zero-order valence-electron chi connectivity index (χ0n) is 14.2. The van der Waals surface area contributed by atoms with Gasteiger partial charge in [0.05, 0.1) is 6.61 Å². The van der Waals surface area contributed by atoms with E-state index >= 15 is 0 Å². The van der Waals surface area contributed by atoms with E-state index in [1.54, 1.807) is 0 Å². The maximum atomic E-state index is 9.87. The van der Waals surface area contributed by atoms with Gasteiger partial charge in [0.1, 0.15) is 0 Å². The quantitative estimate of drug-likeness (QED) is 0.524. The normalized spacial score (nSPS) is 19.5. The van der Waals surface area contributed by atoms with Crippen LogP contribution in [0, 0.1) is 0 Å². The van der Waals surface area contributed by atoms with Crippen LogP contribution in [0.5, 0.6) is 0 Å². The average molecular weight is 473 g/mol. The Bertz CT molecular complexity index is 437. The number of nitrogens with zero attached hydrogens (tertiary/aromatic N) is 1. The van der Waals surface area contributed by atoms with Crippen LogP contribution in [0.25, 0.3) is 0 Å². The van der Waals surface area contributed by atoms with Gasteiger partial charge in [0.2, 0.25) is 0 Å². The molecule has 3 heteroatoms. The van der Waals surface area contributed by atoms with E-state index in [1.165, 1.54) is 49.7 Å². The average Bonchev–Trinajstić information content (AvgIpc) is 2.48. The van der Waals surface area contributed by atoms with Crippen molar-refractivity contribution in [1.29, 1.82) is 0 Å². The number of fused-ring (bicyclic) bond motifs is 1. The molecule has 124 valence electrons. The predicted octanol–water partition coefficient (Wildman–Crippen LogP) is 3.76. The molecule has 0 aliphatic heterocycles. The van der Waals surface area contributed by atoms with E-state index in [0.29, 0.717) is 0 Å². The molecule has 1 aromatic carbocycles. The molecule has 0 saturated carbocycles. The zero-order chi connectivity index (χ0) is 15.1. The molecule has 1 N–H and O–H groups in total. The zero-order valence-corrected chi connectivity index (χ0v) is 17.1. The number of unbranched alkanes of at least 4 members (excludes halogenated alkanes) is 5. The van der Waals surface area contributed by atoms with Crippen LogP contribution < -0.4 is 0 Å². The van der Waals surface area contributed by atoms with Gasteiger partial charge in [-0.05, 0) is 37.6 Å². The number of aliphatic hydroxyl groups is 1. The van der Waals surface area contributed by atoms with E-state index in [1.807, 2.05) is 0 Å². The van der Waals surface area contributed by atoms with Gasteiger partial charge in [0.15, 0.2) is 0 Å². The van der Waals surface area contributed by atoms with Crippen molar-refractivity contribution >= 4 is 0 Å². The molecule has 0 radical (unpaired) electrons. The Morgan fingerprint density at radius 2 is 1.77 bits per heavy atom. The van der Waals surface area contributed by atoms with Gasteiger partial charge in [0.25, 0.3) is 0 Å². The van der Waals surface area contributed by atoms with Crippen molar-refractivity contribution in [3.63, 3.8) is 0 Å². The van der Waals surface area contributed by atoms with Crippen molar-refractivity contribution in [1.82, 2.24) is 4.90 Å². The second-order valence-corrected chi connectivity index (χ2v) is 6.78. The van der Waals surface area contributed by atoms with Crippen molar-refractivity contribution in [2.75, 3.05) is 26.7 Å². The Hall–Kier alpha value is -0.172. The smallest absolute Gasteiger partial charge is 0.0543 e. The van der Waals surface area contributed by atoms with Crippen molar-refractivity contribution in [2.45, 2.75) is 57.3 Å². The summed E-state index contributed by atoms with van der Waals surface area (Å²) >= 11 is 0. The summed E-state index contributed by atoms with van der Waals surface area (Å²) in [6.45, 7) is 4.66. The fraction of sp³-hybridized carbons (Fsp3) is 0.684. The molecule has 1 aromatic rings. The van der Waals surface area contributed by atoms with E-state index < -0.39 is 0 Å². The topological polar surface area (TPSA) is 23.5 Å². The summed E-state index contributed by atoms with van der Waals surface area (Å²) in [6.07, 6.45) is 9.10. The van der Waals surface area contributed by atoms with Crippen LogP contribution in [-0.2, 0) is 32.9 Å². The Labute approximate surface area is 150 Å². The molecule has 0 saturated heterocycles. The number of hydrogen-bond donors (Lipinski definition) is 1. The number of aliphatic hydroxyl groups excluding tert-OH is 1. The fourth-order valence-electron chi connectivity index (χ4n) is 3.63. The van der Waals surface area contributed by atoms with Gasteiger partial charge in [-0.3, -0.25) is 0 Å². The SMILES string of the molecule is CCCCCCCCN(C)CC1(CO)Cc2ccccc21.[W]. The van der Waals surface area contributed by atoms with Crippen LogP contribution >= 0.6 is 0 Å². The molecule has 1 unspecified atom stereocenters. The first-order chi connectivity index (χ1) is 10.2.